The van der Waals surface area contributed by atoms with E-state index in [2.05, 4.69) is 5.32 Å². The molecule has 6 nitrogen and oxygen atoms in total. The summed E-state index contributed by atoms with van der Waals surface area (Å²) >= 11 is 0. The normalized spacial score (nSPS) is 10.0. The van der Waals surface area contributed by atoms with E-state index in [1.807, 2.05) is 0 Å². The molecule has 2 N–H and O–H groups in total. The van der Waals surface area contributed by atoms with Gasteiger partial charge in [-0.05, 0) is 48.4 Å². The molecule has 0 spiro atoms. The molecule has 2 aromatic carbocycles. The molecule has 0 radical (unpaired) electrons. The van der Waals surface area contributed by atoms with Gasteiger partial charge in [-0.2, -0.15) is 0 Å². The highest BCUT2D eigenvalue weighted by atomic mass is 16.5. The highest BCUT2D eigenvalue weighted by Crippen LogP contribution is 2.15. The number of carbonyl (C=O) groups is 3. The third kappa shape index (κ3) is 5.24. The monoisotopic (exact) mass is 327 g/mol. The zero-order chi connectivity index (χ0) is 17.5. The molecule has 0 heterocycles. The molecule has 2 rings (SSSR count). The van der Waals surface area contributed by atoms with Gasteiger partial charge < -0.3 is 15.2 Å². The maximum Gasteiger partial charge on any atom is 0.308 e. The summed E-state index contributed by atoms with van der Waals surface area (Å²) in [5.74, 6) is -1.18. The number of ether oxygens (including phenoxy) is 1. The number of aliphatic carboxylic acids is 1. The second kappa shape index (κ2) is 7.92. The van der Waals surface area contributed by atoms with E-state index < -0.39 is 11.9 Å². The minimum atomic E-state index is -0.843. The predicted molar refractivity (Wildman–Crippen MR) is 88.1 cm³/mol. The number of benzene rings is 2. The number of hydrogen-bond donors (Lipinski definition) is 2. The van der Waals surface area contributed by atoms with Crippen LogP contribution >= 0.6 is 0 Å². The van der Waals surface area contributed by atoms with Crippen LogP contribution in [0.3, 0.4) is 0 Å². The lowest BCUT2D eigenvalue weighted by atomic mass is 10.1. The highest BCUT2D eigenvalue weighted by molar-refractivity contribution is 6.04. The van der Waals surface area contributed by atoms with Crippen molar-refractivity contribution in [2.45, 2.75) is 19.8 Å². The number of carboxylic acid groups (broad SMARTS) is 1. The van der Waals surface area contributed by atoms with Crippen LogP contribution in [0.5, 0.6) is 5.75 Å². The second-order valence-corrected chi connectivity index (χ2v) is 5.16. The Morgan fingerprint density at radius 3 is 2.17 bits per heavy atom. The van der Waals surface area contributed by atoms with E-state index in [0.29, 0.717) is 23.4 Å². The molecule has 0 atom stereocenters. The van der Waals surface area contributed by atoms with Gasteiger partial charge in [-0.3, -0.25) is 14.4 Å². The molecule has 124 valence electrons. The molecule has 0 bridgehead atoms. The van der Waals surface area contributed by atoms with Crippen LogP contribution in [0.25, 0.3) is 0 Å². The van der Waals surface area contributed by atoms with Crippen LogP contribution in [0, 0.1) is 0 Å². The number of hydrogen-bond acceptors (Lipinski definition) is 4. The summed E-state index contributed by atoms with van der Waals surface area (Å²) in [4.78, 5) is 33.5. The van der Waals surface area contributed by atoms with Crippen molar-refractivity contribution in [1.82, 2.24) is 0 Å². The van der Waals surface area contributed by atoms with E-state index in [1.54, 1.807) is 48.5 Å². The standard InChI is InChI=1S/C18H17NO5/c1-12(20)24-16-9-5-14(6-10-16)18(23)19-15-7-2-13(3-8-15)4-11-17(21)22/h2-3,5-10H,4,11H2,1H3,(H,19,23)(H,21,22). The lowest BCUT2D eigenvalue weighted by Crippen LogP contribution is -2.12. The second-order valence-electron chi connectivity index (χ2n) is 5.16. The van der Waals surface area contributed by atoms with Crippen LogP contribution in [-0.4, -0.2) is 23.0 Å². The molecular weight excluding hydrogens is 310 g/mol. The van der Waals surface area contributed by atoms with E-state index in [9.17, 15) is 14.4 Å². The van der Waals surface area contributed by atoms with E-state index in [-0.39, 0.29) is 12.3 Å². The van der Waals surface area contributed by atoms with Crippen LogP contribution in [0.2, 0.25) is 0 Å². The summed E-state index contributed by atoms with van der Waals surface area (Å²) in [5, 5.41) is 11.4. The quantitative estimate of drug-likeness (QED) is 0.628. The number of esters is 1. The van der Waals surface area contributed by atoms with Crippen LogP contribution in [0.4, 0.5) is 5.69 Å². The molecule has 0 aliphatic carbocycles. The topological polar surface area (TPSA) is 92.7 Å². The summed E-state index contributed by atoms with van der Waals surface area (Å²) in [6, 6.07) is 13.2. The molecular formula is C18H17NO5. The van der Waals surface area contributed by atoms with Crippen molar-refractivity contribution in [3.8, 4) is 5.75 Å². The lowest BCUT2D eigenvalue weighted by molar-refractivity contribution is -0.137. The fourth-order valence-corrected chi connectivity index (χ4v) is 2.05. The molecule has 24 heavy (non-hydrogen) atoms. The van der Waals surface area contributed by atoms with E-state index in [4.69, 9.17) is 9.84 Å². The van der Waals surface area contributed by atoms with Crippen LogP contribution in [0.15, 0.2) is 48.5 Å². The van der Waals surface area contributed by atoms with Gasteiger partial charge in [-0.15, -0.1) is 0 Å². The van der Waals surface area contributed by atoms with Gasteiger partial charge in [-0.1, -0.05) is 12.1 Å². The minimum Gasteiger partial charge on any atom is -0.481 e. The fourth-order valence-electron chi connectivity index (χ4n) is 2.05. The molecule has 0 aromatic heterocycles. The van der Waals surface area contributed by atoms with E-state index in [1.165, 1.54) is 6.92 Å². The first-order valence-electron chi connectivity index (χ1n) is 7.34. The number of anilines is 1. The number of rotatable bonds is 6. The molecule has 0 saturated carbocycles. The number of amides is 1. The summed E-state index contributed by atoms with van der Waals surface area (Å²) in [6.45, 7) is 1.31. The maximum absolute atomic E-state index is 12.2. The van der Waals surface area contributed by atoms with Gasteiger partial charge in [-0.25, -0.2) is 0 Å². The summed E-state index contributed by atoms with van der Waals surface area (Å²) in [7, 11) is 0. The van der Waals surface area contributed by atoms with Crippen molar-refractivity contribution in [3.63, 3.8) is 0 Å². The maximum atomic E-state index is 12.2. The third-order valence-corrected chi connectivity index (χ3v) is 3.22. The van der Waals surface area contributed by atoms with Crippen molar-refractivity contribution in [1.29, 1.82) is 0 Å². The molecule has 6 heteroatoms. The Morgan fingerprint density at radius 2 is 1.62 bits per heavy atom. The number of aryl methyl sites for hydroxylation is 1. The molecule has 2 aromatic rings. The first kappa shape index (κ1) is 17.2. The minimum absolute atomic E-state index is 0.0698. The zero-order valence-electron chi connectivity index (χ0n) is 13.1. The van der Waals surface area contributed by atoms with Gasteiger partial charge in [0.05, 0.1) is 0 Å². The Kier molecular flexibility index (Phi) is 5.68. The lowest BCUT2D eigenvalue weighted by Gasteiger charge is -2.07. The van der Waals surface area contributed by atoms with Crippen molar-refractivity contribution in [2.24, 2.45) is 0 Å². The van der Waals surface area contributed by atoms with Crippen molar-refractivity contribution < 1.29 is 24.2 Å². The Hall–Kier alpha value is -3.15. The molecule has 0 saturated heterocycles. The smallest absolute Gasteiger partial charge is 0.308 e. The van der Waals surface area contributed by atoms with Gasteiger partial charge in [0.25, 0.3) is 5.91 Å². The molecule has 0 aliphatic heterocycles. The Labute approximate surface area is 139 Å². The van der Waals surface area contributed by atoms with Crippen molar-refractivity contribution in [3.05, 3.63) is 59.7 Å². The number of nitrogens with one attached hydrogen (secondary N) is 1. The Balaban J connectivity index is 1.96. The largest absolute Gasteiger partial charge is 0.481 e. The SMILES string of the molecule is CC(=O)Oc1ccc(C(=O)Nc2ccc(CCC(=O)O)cc2)cc1. The first-order valence-corrected chi connectivity index (χ1v) is 7.34. The van der Waals surface area contributed by atoms with Crippen molar-refractivity contribution in [2.75, 3.05) is 5.32 Å². The van der Waals surface area contributed by atoms with Crippen LogP contribution in [0.1, 0.15) is 29.3 Å². The molecule has 0 fully saturated rings. The summed E-state index contributed by atoms with van der Waals surface area (Å²) in [5.41, 5.74) is 1.94. The van der Waals surface area contributed by atoms with Gasteiger partial charge in [0.2, 0.25) is 0 Å². The first-order chi connectivity index (χ1) is 11.4. The average Bonchev–Trinajstić information content (AvgIpc) is 2.54. The summed E-state index contributed by atoms with van der Waals surface area (Å²) < 4.78 is 4.91. The van der Waals surface area contributed by atoms with Crippen LogP contribution < -0.4 is 10.1 Å². The predicted octanol–water partition coefficient (Wildman–Crippen LogP) is 2.88. The molecule has 0 unspecified atom stereocenters. The van der Waals surface area contributed by atoms with Gasteiger partial charge >= 0.3 is 11.9 Å². The van der Waals surface area contributed by atoms with Crippen molar-refractivity contribution >= 4 is 23.5 Å². The van der Waals surface area contributed by atoms with Gasteiger partial charge in [0.1, 0.15) is 5.75 Å². The number of carboxylic acids is 1. The van der Waals surface area contributed by atoms with Crippen LogP contribution in [-0.2, 0) is 16.0 Å². The van der Waals surface area contributed by atoms with E-state index in [0.717, 1.165) is 5.56 Å². The average molecular weight is 327 g/mol. The zero-order valence-corrected chi connectivity index (χ0v) is 13.1. The third-order valence-electron chi connectivity index (χ3n) is 3.22. The summed E-state index contributed by atoms with van der Waals surface area (Å²) in [6.07, 6.45) is 0.515. The highest BCUT2D eigenvalue weighted by Gasteiger charge is 2.07. The molecule has 0 aliphatic rings. The fraction of sp³-hybridized carbons (Fsp3) is 0.167. The Morgan fingerprint density at radius 1 is 1.00 bits per heavy atom. The van der Waals surface area contributed by atoms with E-state index >= 15 is 0 Å². The molecule has 1 amide bonds. The van der Waals surface area contributed by atoms with Gasteiger partial charge in [0, 0.05) is 24.6 Å². The van der Waals surface area contributed by atoms with Gasteiger partial charge in [0.15, 0.2) is 0 Å². The Bertz CT molecular complexity index is 735. The number of carbonyl (C=O) groups excluding carboxylic acids is 2.